The molecule has 1 aromatic rings. The first kappa shape index (κ1) is 10.9. The van der Waals surface area contributed by atoms with E-state index >= 15 is 0 Å². The highest BCUT2D eigenvalue weighted by Gasteiger charge is 2.31. The maximum Gasteiger partial charge on any atom is 0.214 e. The van der Waals surface area contributed by atoms with Gasteiger partial charge in [0.2, 0.25) is 5.78 Å². The molecule has 1 rings (SSSR count). The average molecular weight is 263 g/mol. The van der Waals surface area contributed by atoms with Crippen LogP contribution in [0.1, 0.15) is 24.4 Å². The summed E-state index contributed by atoms with van der Waals surface area (Å²) in [6.07, 6.45) is 3.42. The zero-order valence-corrected chi connectivity index (χ0v) is 10.2. The lowest BCUT2D eigenvalue weighted by atomic mass is 10.1. The number of thioether (sulfide) groups is 1. The minimum absolute atomic E-state index is 0.0110. The van der Waals surface area contributed by atoms with E-state index in [1.165, 1.54) is 18.0 Å². The Hall–Kier alpha value is -0.220. The van der Waals surface area contributed by atoms with Gasteiger partial charge in [0, 0.05) is 0 Å². The first-order valence-electron chi connectivity index (χ1n) is 3.82. The Kier molecular flexibility index (Phi) is 3.24. The molecule has 2 nitrogen and oxygen atoms in total. The van der Waals surface area contributed by atoms with E-state index in [-0.39, 0.29) is 5.78 Å². The van der Waals surface area contributed by atoms with Crippen LogP contribution < -0.4 is 0 Å². The number of carbonyl (C=O) groups is 1. The van der Waals surface area contributed by atoms with Crippen molar-refractivity contribution in [1.82, 2.24) is 0 Å². The van der Waals surface area contributed by atoms with Crippen molar-refractivity contribution in [3.63, 3.8) is 0 Å². The molecule has 1 aromatic heterocycles. The molecule has 0 unspecified atom stereocenters. The second-order valence-corrected chi connectivity index (χ2v) is 5.42. The lowest BCUT2D eigenvalue weighted by Gasteiger charge is -2.18. The summed E-state index contributed by atoms with van der Waals surface area (Å²) in [5.74, 6) is 0.413. The standard InChI is InChI=1S/C9H11BrO2S/c1-9(2,13-3)8(11)7-6(10)4-5-12-7/h4-5H,1-3H3. The normalized spacial score (nSPS) is 11.7. The van der Waals surface area contributed by atoms with Crippen LogP contribution in [0.25, 0.3) is 0 Å². The number of furan rings is 1. The summed E-state index contributed by atoms with van der Waals surface area (Å²) in [5, 5.41) is 0. The van der Waals surface area contributed by atoms with E-state index in [2.05, 4.69) is 15.9 Å². The zero-order valence-electron chi connectivity index (χ0n) is 7.76. The Bertz CT molecular complexity index is 317. The van der Waals surface area contributed by atoms with Gasteiger partial charge in [0.05, 0.1) is 15.5 Å². The molecule has 0 saturated heterocycles. The van der Waals surface area contributed by atoms with Crippen LogP contribution in [0, 0.1) is 0 Å². The molecule has 0 N–H and O–H groups in total. The molecule has 0 bridgehead atoms. The van der Waals surface area contributed by atoms with Crippen molar-refractivity contribution in [2.24, 2.45) is 0 Å². The molecule has 0 saturated carbocycles. The van der Waals surface area contributed by atoms with Gasteiger partial charge in [0.25, 0.3) is 0 Å². The summed E-state index contributed by atoms with van der Waals surface area (Å²) in [5.41, 5.74) is 0. The molecule has 0 aromatic carbocycles. The molecule has 4 heteroatoms. The Morgan fingerprint density at radius 2 is 2.23 bits per heavy atom. The largest absolute Gasteiger partial charge is 0.460 e. The van der Waals surface area contributed by atoms with Gasteiger partial charge in [0.1, 0.15) is 0 Å². The Morgan fingerprint density at radius 1 is 1.62 bits per heavy atom. The van der Waals surface area contributed by atoms with Crippen LogP contribution in [-0.2, 0) is 0 Å². The SMILES string of the molecule is CSC(C)(C)C(=O)c1occc1Br. The van der Waals surface area contributed by atoms with Gasteiger partial charge in [-0.2, -0.15) is 11.8 Å². The van der Waals surface area contributed by atoms with Gasteiger partial charge in [-0.15, -0.1) is 0 Å². The van der Waals surface area contributed by atoms with E-state index in [9.17, 15) is 4.79 Å². The van der Waals surface area contributed by atoms with Crippen LogP contribution in [0.15, 0.2) is 21.2 Å². The molecule has 0 aliphatic carbocycles. The van der Waals surface area contributed by atoms with Gasteiger partial charge in [-0.1, -0.05) is 0 Å². The predicted molar refractivity (Wildman–Crippen MR) is 58.3 cm³/mol. The fourth-order valence-electron chi connectivity index (χ4n) is 0.822. The summed E-state index contributed by atoms with van der Waals surface area (Å²) in [4.78, 5) is 11.8. The number of ketones is 1. The molecule has 1 heterocycles. The summed E-state index contributed by atoms with van der Waals surface area (Å²) >= 11 is 4.78. The van der Waals surface area contributed by atoms with Gasteiger partial charge in [-0.05, 0) is 42.1 Å². The van der Waals surface area contributed by atoms with Crippen molar-refractivity contribution in [3.8, 4) is 0 Å². The maximum absolute atomic E-state index is 11.8. The second-order valence-electron chi connectivity index (χ2n) is 3.14. The molecule has 72 valence electrons. The topological polar surface area (TPSA) is 30.2 Å². The lowest BCUT2D eigenvalue weighted by Crippen LogP contribution is -2.27. The highest BCUT2D eigenvalue weighted by molar-refractivity contribution is 9.10. The van der Waals surface area contributed by atoms with Crippen molar-refractivity contribution in [3.05, 3.63) is 22.6 Å². The first-order valence-corrected chi connectivity index (χ1v) is 5.84. The Balaban J connectivity index is 2.98. The first-order chi connectivity index (χ1) is 5.99. The van der Waals surface area contributed by atoms with Crippen LogP contribution in [-0.4, -0.2) is 16.8 Å². The van der Waals surface area contributed by atoms with Crippen LogP contribution >= 0.6 is 27.7 Å². The number of hydrogen-bond donors (Lipinski definition) is 0. The molecule has 13 heavy (non-hydrogen) atoms. The van der Waals surface area contributed by atoms with Gasteiger partial charge >= 0.3 is 0 Å². The molecule has 0 fully saturated rings. The van der Waals surface area contributed by atoms with Crippen LogP contribution in [0.4, 0.5) is 0 Å². The van der Waals surface area contributed by atoms with E-state index in [4.69, 9.17) is 4.42 Å². The third-order valence-electron chi connectivity index (χ3n) is 1.88. The molecule has 0 aliphatic rings. The maximum atomic E-state index is 11.8. The quantitative estimate of drug-likeness (QED) is 0.783. The minimum atomic E-state index is -0.430. The summed E-state index contributed by atoms with van der Waals surface area (Å²) < 4.78 is 5.40. The van der Waals surface area contributed by atoms with E-state index in [0.29, 0.717) is 5.76 Å². The second kappa shape index (κ2) is 3.88. The summed E-state index contributed by atoms with van der Waals surface area (Å²) in [6.45, 7) is 3.77. The number of Topliss-reactive ketones (excluding diaryl/α,β-unsaturated/α-hetero) is 1. The molecule has 0 radical (unpaired) electrons. The average Bonchev–Trinajstić information content (AvgIpc) is 2.50. The fourth-order valence-corrected chi connectivity index (χ4v) is 1.48. The van der Waals surface area contributed by atoms with Crippen molar-refractivity contribution in [2.75, 3.05) is 6.26 Å². The van der Waals surface area contributed by atoms with Crippen molar-refractivity contribution >= 4 is 33.5 Å². The van der Waals surface area contributed by atoms with Crippen LogP contribution in [0.2, 0.25) is 0 Å². The van der Waals surface area contributed by atoms with Gasteiger partial charge < -0.3 is 4.42 Å². The molecular formula is C9H11BrO2S. The summed E-state index contributed by atoms with van der Waals surface area (Å²) in [7, 11) is 0. The lowest BCUT2D eigenvalue weighted by molar-refractivity contribution is 0.0930. The fraction of sp³-hybridized carbons (Fsp3) is 0.444. The molecule has 0 spiro atoms. The number of rotatable bonds is 3. The highest BCUT2D eigenvalue weighted by Crippen LogP contribution is 2.29. The number of halogens is 1. The minimum Gasteiger partial charge on any atom is -0.460 e. The molecular weight excluding hydrogens is 252 g/mol. The smallest absolute Gasteiger partial charge is 0.214 e. The molecule has 0 aliphatic heterocycles. The zero-order chi connectivity index (χ0) is 10.1. The third-order valence-corrected chi connectivity index (χ3v) is 3.71. The van der Waals surface area contributed by atoms with Gasteiger partial charge in [-0.25, -0.2) is 0 Å². The van der Waals surface area contributed by atoms with Crippen LogP contribution in [0.5, 0.6) is 0 Å². The van der Waals surface area contributed by atoms with E-state index < -0.39 is 4.75 Å². The van der Waals surface area contributed by atoms with Gasteiger partial charge in [-0.3, -0.25) is 4.79 Å². The monoisotopic (exact) mass is 262 g/mol. The van der Waals surface area contributed by atoms with E-state index in [1.807, 2.05) is 20.1 Å². The highest BCUT2D eigenvalue weighted by atomic mass is 79.9. The number of hydrogen-bond acceptors (Lipinski definition) is 3. The number of carbonyl (C=O) groups excluding carboxylic acids is 1. The van der Waals surface area contributed by atoms with Crippen molar-refractivity contribution in [1.29, 1.82) is 0 Å². The molecule has 0 amide bonds. The van der Waals surface area contributed by atoms with Crippen molar-refractivity contribution < 1.29 is 9.21 Å². The van der Waals surface area contributed by atoms with Crippen molar-refractivity contribution in [2.45, 2.75) is 18.6 Å². The molecule has 0 atom stereocenters. The van der Waals surface area contributed by atoms with Crippen LogP contribution in [0.3, 0.4) is 0 Å². The van der Waals surface area contributed by atoms with E-state index in [1.54, 1.807) is 6.07 Å². The Labute approximate surface area is 90.2 Å². The predicted octanol–water partition coefficient (Wildman–Crippen LogP) is 3.37. The summed E-state index contributed by atoms with van der Waals surface area (Å²) in [6, 6.07) is 1.73. The third kappa shape index (κ3) is 2.17. The van der Waals surface area contributed by atoms with Gasteiger partial charge in [0.15, 0.2) is 5.76 Å². The Morgan fingerprint density at radius 3 is 2.62 bits per heavy atom. The van der Waals surface area contributed by atoms with E-state index in [0.717, 1.165) is 4.47 Å².